The molecule has 19 heavy (non-hydrogen) atoms. The lowest BCUT2D eigenvalue weighted by molar-refractivity contribution is -0.117. The van der Waals surface area contributed by atoms with Crippen LogP contribution in [0.5, 0.6) is 0 Å². The van der Waals surface area contributed by atoms with Crippen LogP contribution in [0.25, 0.3) is 0 Å². The van der Waals surface area contributed by atoms with Crippen LogP contribution < -0.4 is 11.1 Å². The second-order valence-corrected chi connectivity index (χ2v) is 5.43. The smallest absolute Gasteiger partial charge is 0.241 e. The quantitative estimate of drug-likeness (QED) is 0.887. The van der Waals surface area contributed by atoms with E-state index in [9.17, 15) is 4.79 Å². The van der Waals surface area contributed by atoms with Crippen molar-refractivity contribution < 1.29 is 4.79 Å². The summed E-state index contributed by atoms with van der Waals surface area (Å²) in [5.74, 6) is 0.710. The lowest BCUT2D eigenvalue weighted by atomic mass is 9.94. The second kappa shape index (κ2) is 7.51. The maximum absolute atomic E-state index is 11.7. The molecule has 0 saturated carbocycles. The average molecular weight is 285 g/mol. The Morgan fingerprint density at radius 2 is 1.68 bits per heavy atom. The van der Waals surface area contributed by atoms with Crippen molar-refractivity contribution >= 4 is 24.0 Å². The predicted octanol–water partition coefficient (Wildman–Crippen LogP) is 3.64. The van der Waals surface area contributed by atoms with E-state index >= 15 is 0 Å². The molecule has 0 spiro atoms. The van der Waals surface area contributed by atoms with Gasteiger partial charge in [0, 0.05) is 5.69 Å². The van der Waals surface area contributed by atoms with Gasteiger partial charge >= 0.3 is 0 Å². The summed E-state index contributed by atoms with van der Waals surface area (Å²) in [6.45, 7) is 10.3. The molecule has 0 aliphatic carbocycles. The average Bonchev–Trinajstić information content (AvgIpc) is 2.28. The zero-order chi connectivity index (χ0) is 13.9. The Balaban J connectivity index is 0.00000324. The van der Waals surface area contributed by atoms with E-state index in [2.05, 4.69) is 45.1 Å². The lowest BCUT2D eigenvalue weighted by Gasteiger charge is -2.17. The van der Waals surface area contributed by atoms with E-state index in [1.54, 1.807) is 6.92 Å². The zero-order valence-electron chi connectivity index (χ0n) is 12.4. The van der Waals surface area contributed by atoms with Gasteiger partial charge < -0.3 is 11.1 Å². The highest BCUT2D eigenvalue weighted by Gasteiger charge is 2.13. The normalized spacial score (nSPS) is 12.2. The molecule has 1 unspecified atom stereocenters. The number of rotatable bonds is 4. The fourth-order valence-electron chi connectivity index (χ4n) is 1.78. The molecule has 1 aromatic carbocycles. The van der Waals surface area contributed by atoms with Gasteiger partial charge in [-0.2, -0.15) is 0 Å². The van der Waals surface area contributed by atoms with Crippen molar-refractivity contribution in [3.05, 3.63) is 29.3 Å². The van der Waals surface area contributed by atoms with Crippen LogP contribution in [0.4, 0.5) is 5.69 Å². The van der Waals surface area contributed by atoms with Gasteiger partial charge in [0.25, 0.3) is 0 Å². The van der Waals surface area contributed by atoms with E-state index < -0.39 is 6.04 Å². The summed E-state index contributed by atoms with van der Waals surface area (Å²) in [7, 11) is 0. The van der Waals surface area contributed by atoms with E-state index in [0.29, 0.717) is 11.8 Å². The first-order valence-electron chi connectivity index (χ1n) is 6.53. The molecule has 1 amide bonds. The number of nitrogens with one attached hydrogen (secondary N) is 1. The molecule has 0 aliphatic rings. The molecule has 1 rings (SSSR count). The van der Waals surface area contributed by atoms with Gasteiger partial charge in [0.15, 0.2) is 0 Å². The van der Waals surface area contributed by atoms with Crippen molar-refractivity contribution in [3.63, 3.8) is 0 Å². The van der Waals surface area contributed by atoms with Crippen LogP contribution in [-0.2, 0) is 4.79 Å². The molecule has 0 radical (unpaired) electrons. The molecule has 108 valence electrons. The third-order valence-corrected chi connectivity index (χ3v) is 3.04. The van der Waals surface area contributed by atoms with Crippen LogP contribution in [0.15, 0.2) is 18.2 Å². The summed E-state index contributed by atoms with van der Waals surface area (Å²) in [6, 6.07) is 5.72. The Kier molecular flexibility index (Phi) is 7.09. The first-order valence-corrected chi connectivity index (χ1v) is 6.53. The Labute approximate surface area is 122 Å². The maximum Gasteiger partial charge on any atom is 0.241 e. The van der Waals surface area contributed by atoms with Gasteiger partial charge in [-0.05, 0) is 36.0 Å². The molecule has 0 fully saturated rings. The molecule has 0 heterocycles. The van der Waals surface area contributed by atoms with Gasteiger partial charge in [-0.3, -0.25) is 4.79 Å². The SMILES string of the molecule is CC(N)C(=O)Nc1ccc(C(C)C)cc1C(C)C.Cl. The molecular formula is C15H25ClN2O. The highest BCUT2D eigenvalue weighted by Crippen LogP contribution is 2.28. The molecule has 0 aliphatic heterocycles. The molecule has 4 heteroatoms. The molecule has 0 bridgehead atoms. The van der Waals surface area contributed by atoms with Crippen molar-refractivity contribution in [1.29, 1.82) is 0 Å². The fourth-order valence-corrected chi connectivity index (χ4v) is 1.78. The number of halogens is 1. The van der Waals surface area contributed by atoms with Crippen LogP contribution in [0.3, 0.4) is 0 Å². The molecule has 3 N–H and O–H groups in total. The van der Waals surface area contributed by atoms with Crippen molar-refractivity contribution in [2.75, 3.05) is 5.32 Å². The maximum atomic E-state index is 11.7. The van der Waals surface area contributed by atoms with Gasteiger partial charge in [0.2, 0.25) is 5.91 Å². The zero-order valence-corrected chi connectivity index (χ0v) is 13.2. The lowest BCUT2D eigenvalue weighted by Crippen LogP contribution is -2.32. The minimum absolute atomic E-state index is 0. The summed E-state index contributed by atoms with van der Waals surface area (Å²) in [5.41, 5.74) is 8.90. The molecule has 0 aromatic heterocycles. The van der Waals surface area contributed by atoms with Gasteiger partial charge in [0.1, 0.15) is 0 Å². The van der Waals surface area contributed by atoms with E-state index in [0.717, 1.165) is 11.3 Å². The van der Waals surface area contributed by atoms with E-state index in [1.165, 1.54) is 5.56 Å². The predicted molar refractivity (Wildman–Crippen MR) is 84.1 cm³/mol. The molecule has 3 nitrogen and oxygen atoms in total. The summed E-state index contributed by atoms with van der Waals surface area (Å²) in [4.78, 5) is 11.7. The van der Waals surface area contributed by atoms with Crippen LogP contribution in [0.1, 0.15) is 57.6 Å². The summed E-state index contributed by atoms with van der Waals surface area (Å²) >= 11 is 0. The summed E-state index contributed by atoms with van der Waals surface area (Å²) < 4.78 is 0. The molecular weight excluding hydrogens is 260 g/mol. The molecule has 0 saturated heterocycles. The molecule has 1 atom stereocenters. The van der Waals surface area contributed by atoms with Crippen LogP contribution >= 0.6 is 12.4 Å². The Morgan fingerprint density at radius 3 is 2.11 bits per heavy atom. The van der Waals surface area contributed by atoms with Gasteiger partial charge in [-0.25, -0.2) is 0 Å². The minimum atomic E-state index is -0.491. The number of amides is 1. The van der Waals surface area contributed by atoms with Gasteiger partial charge in [-0.15, -0.1) is 12.4 Å². The van der Waals surface area contributed by atoms with E-state index in [4.69, 9.17) is 5.73 Å². The molecule has 1 aromatic rings. The van der Waals surface area contributed by atoms with Crippen LogP contribution in [0, 0.1) is 0 Å². The van der Waals surface area contributed by atoms with Crippen molar-refractivity contribution in [1.82, 2.24) is 0 Å². The Hall–Kier alpha value is -1.06. The van der Waals surface area contributed by atoms with Crippen LogP contribution in [-0.4, -0.2) is 11.9 Å². The number of benzene rings is 1. The van der Waals surface area contributed by atoms with E-state index in [1.807, 2.05) is 6.07 Å². The van der Waals surface area contributed by atoms with Crippen molar-refractivity contribution in [2.45, 2.75) is 52.5 Å². The number of carbonyl (C=O) groups excluding carboxylic acids is 1. The summed E-state index contributed by atoms with van der Waals surface area (Å²) in [6.07, 6.45) is 0. The number of carbonyl (C=O) groups is 1. The Bertz CT molecular complexity index is 428. The first-order chi connectivity index (χ1) is 8.32. The third-order valence-electron chi connectivity index (χ3n) is 3.04. The number of hydrogen-bond donors (Lipinski definition) is 2. The van der Waals surface area contributed by atoms with E-state index in [-0.39, 0.29) is 18.3 Å². The van der Waals surface area contributed by atoms with Crippen molar-refractivity contribution in [2.24, 2.45) is 5.73 Å². The third kappa shape index (κ3) is 4.84. The monoisotopic (exact) mass is 284 g/mol. The Morgan fingerprint density at radius 1 is 1.11 bits per heavy atom. The highest BCUT2D eigenvalue weighted by atomic mass is 35.5. The van der Waals surface area contributed by atoms with Gasteiger partial charge in [0.05, 0.1) is 6.04 Å². The largest absolute Gasteiger partial charge is 0.324 e. The van der Waals surface area contributed by atoms with Crippen LogP contribution in [0.2, 0.25) is 0 Å². The van der Waals surface area contributed by atoms with Gasteiger partial charge in [-0.1, -0.05) is 39.8 Å². The van der Waals surface area contributed by atoms with Crippen molar-refractivity contribution in [3.8, 4) is 0 Å². The number of hydrogen-bond acceptors (Lipinski definition) is 2. The first kappa shape index (κ1) is 17.9. The minimum Gasteiger partial charge on any atom is -0.324 e. The number of anilines is 1. The standard InChI is InChI=1S/C15H24N2O.ClH/c1-9(2)12-6-7-14(13(8-12)10(3)4)17-15(18)11(5)16;/h6-11H,16H2,1-5H3,(H,17,18);1H. The summed E-state index contributed by atoms with van der Waals surface area (Å²) in [5, 5.41) is 2.89. The highest BCUT2D eigenvalue weighted by molar-refractivity contribution is 5.95. The fraction of sp³-hybridized carbons (Fsp3) is 0.533. The number of nitrogens with two attached hydrogens (primary N) is 1. The second-order valence-electron chi connectivity index (χ2n) is 5.43. The topological polar surface area (TPSA) is 55.1 Å².